The quantitative estimate of drug-likeness (QED) is 0.483. The molecule has 3 aromatic carbocycles. The van der Waals surface area contributed by atoms with E-state index >= 15 is 0 Å². The summed E-state index contributed by atoms with van der Waals surface area (Å²) in [6, 6.07) is 29.3. The Hall–Kier alpha value is -2.00. The van der Waals surface area contributed by atoms with Gasteiger partial charge in [0.2, 0.25) is 4.99 Å². The van der Waals surface area contributed by atoms with Crippen molar-refractivity contribution in [2.24, 2.45) is 0 Å². The van der Waals surface area contributed by atoms with E-state index in [4.69, 9.17) is 0 Å². The monoisotopic (exact) mass is 399 g/mol. The van der Waals surface area contributed by atoms with Crippen LogP contribution in [0, 0.1) is 0 Å². The highest BCUT2D eigenvalue weighted by Gasteiger charge is 2.57. The largest absolute Gasteiger partial charge is 0.304 e. The summed E-state index contributed by atoms with van der Waals surface area (Å²) in [5.41, 5.74) is 0. The van der Waals surface area contributed by atoms with Crippen molar-refractivity contribution in [3.8, 4) is 0 Å². The molecule has 1 atom stereocenters. The van der Waals surface area contributed by atoms with E-state index in [1.807, 2.05) is 97.9 Å². The third-order valence-electron chi connectivity index (χ3n) is 4.80. The maximum absolute atomic E-state index is 12.7. The van der Waals surface area contributed by atoms with Gasteiger partial charge < -0.3 is 0 Å². The summed E-state index contributed by atoms with van der Waals surface area (Å²) in [7, 11) is -6.92. The van der Waals surface area contributed by atoms with Gasteiger partial charge in [-0.2, -0.15) is 8.42 Å². The predicted molar refractivity (Wildman–Crippen MR) is 115 cm³/mol. The second-order valence-electron chi connectivity index (χ2n) is 6.49. The van der Waals surface area contributed by atoms with Crippen molar-refractivity contribution in [1.29, 1.82) is 0 Å². The summed E-state index contributed by atoms with van der Waals surface area (Å²) in [6.45, 7) is 1.95. The lowest BCUT2D eigenvalue weighted by Crippen LogP contribution is -2.42. The first-order chi connectivity index (χ1) is 13.0. The van der Waals surface area contributed by atoms with Gasteiger partial charge in [0, 0.05) is 6.42 Å². The van der Waals surface area contributed by atoms with Gasteiger partial charge in [0.05, 0.1) is 0 Å². The molecule has 0 aliphatic heterocycles. The molecule has 3 nitrogen and oxygen atoms in total. The van der Waals surface area contributed by atoms with E-state index in [2.05, 4.69) is 0 Å². The average Bonchev–Trinajstić information content (AvgIpc) is 2.70. The van der Waals surface area contributed by atoms with Gasteiger partial charge >= 0.3 is 10.1 Å². The van der Waals surface area contributed by atoms with Crippen molar-refractivity contribution in [1.82, 2.24) is 0 Å². The molecule has 3 rings (SSSR count). The van der Waals surface area contributed by atoms with Crippen LogP contribution in [0.5, 0.6) is 0 Å². The number of hydrogen-bond donors (Lipinski definition) is 1. The van der Waals surface area contributed by atoms with E-state index in [1.54, 1.807) is 0 Å². The molecule has 3 aromatic rings. The zero-order valence-electron chi connectivity index (χ0n) is 15.3. The molecule has 1 N–H and O–H groups in total. The summed E-state index contributed by atoms with van der Waals surface area (Å²) < 4.78 is 35.7. The fourth-order valence-electron chi connectivity index (χ4n) is 3.72. The number of benzene rings is 3. The molecule has 0 spiro atoms. The Morgan fingerprint density at radius 2 is 1.07 bits per heavy atom. The van der Waals surface area contributed by atoms with Crippen molar-refractivity contribution in [2.75, 3.05) is 0 Å². The molecular formula is C22H24O3PS+. The topological polar surface area (TPSA) is 54.4 Å². The normalized spacial score (nSPS) is 13.3. The zero-order chi connectivity index (χ0) is 19.3. The third-order valence-corrected chi connectivity index (χ3v) is 11.9. The van der Waals surface area contributed by atoms with Crippen LogP contribution >= 0.6 is 7.26 Å². The van der Waals surface area contributed by atoms with Crippen molar-refractivity contribution >= 4 is 33.3 Å². The summed E-state index contributed by atoms with van der Waals surface area (Å²) in [4.78, 5) is -0.887. The lowest BCUT2D eigenvalue weighted by Gasteiger charge is -2.32. The van der Waals surface area contributed by atoms with Crippen LogP contribution in [0.2, 0.25) is 0 Å². The Labute approximate surface area is 162 Å². The average molecular weight is 399 g/mol. The molecule has 0 bridgehead atoms. The molecule has 1 unspecified atom stereocenters. The molecule has 0 fully saturated rings. The first-order valence-electron chi connectivity index (χ1n) is 9.03. The number of hydrogen-bond acceptors (Lipinski definition) is 2. The van der Waals surface area contributed by atoms with Gasteiger partial charge in [-0.1, -0.05) is 67.9 Å². The van der Waals surface area contributed by atoms with Gasteiger partial charge in [-0.3, -0.25) is 4.55 Å². The van der Waals surface area contributed by atoms with Crippen LogP contribution in [0.1, 0.15) is 19.8 Å². The molecule has 0 saturated carbocycles. The van der Waals surface area contributed by atoms with Crippen LogP contribution in [0.25, 0.3) is 0 Å². The highest BCUT2D eigenvalue weighted by atomic mass is 32.2. The van der Waals surface area contributed by atoms with Crippen LogP contribution in [-0.2, 0) is 10.1 Å². The zero-order valence-corrected chi connectivity index (χ0v) is 17.0. The van der Waals surface area contributed by atoms with Crippen LogP contribution in [0.15, 0.2) is 91.0 Å². The third kappa shape index (κ3) is 3.84. The van der Waals surface area contributed by atoms with E-state index in [-0.39, 0.29) is 0 Å². The number of rotatable bonds is 7. The summed E-state index contributed by atoms with van der Waals surface area (Å²) in [5, 5.41) is 2.87. The fourth-order valence-corrected chi connectivity index (χ4v) is 11.4. The van der Waals surface area contributed by atoms with Gasteiger partial charge in [-0.25, -0.2) is 0 Å². The SMILES string of the molecule is CCCC([P+](c1ccccc1)(c1ccccc1)c1ccccc1)S(=O)(=O)O. The minimum atomic E-state index is -4.28. The minimum absolute atomic E-state index is 0.394. The first-order valence-corrected chi connectivity index (χ1v) is 12.4. The van der Waals surface area contributed by atoms with E-state index in [0.29, 0.717) is 12.8 Å². The van der Waals surface area contributed by atoms with Gasteiger partial charge in [0.25, 0.3) is 0 Å². The van der Waals surface area contributed by atoms with Gasteiger partial charge in [0.15, 0.2) is 0 Å². The molecular weight excluding hydrogens is 375 g/mol. The fraction of sp³-hybridized carbons (Fsp3) is 0.182. The Kier molecular flexibility index (Phi) is 6.11. The molecule has 0 aromatic heterocycles. The molecule has 0 heterocycles. The molecule has 5 heteroatoms. The summed E-state index contributed by atoms with van der Waals surface area (Å²) in [5.74, 6) is 0. The lowest BCUT2D eigenvalue weighted by atomic mass is 10.3. The maximum Gasteiger partial charge on any atom is 0.304 e. The Bertz CT molecular complexity index is 862. The van der Waals surface area contributed by atoms with Crippen molar-refractivity contribution < 1.29 is 13.0 Å². The van der Waals surface area contributed by atoms with Crippen LogP contribution in [0.3, 0.4) is 0 Å². The Morgan fingerprint density at radius 1 is 0.741 bits per heavy atom. The van der Waals surface area contributed by atoms with E-state index in [9.17, 15) is 13.0 Å². The van der Waals surface area contributed by atoms with Crippen molar-refractivity contribution in [2.45, 2.75) is 24.8 Å². The second-order valence-corrected chi connectivity index (χ2v) is 12.1. The van der Waals surface area contributed by atoms with Gasteiger partial charge in [-0.05, 0) is 36.4 Å². The first kappa shape index (κ1) is 19.8. The van der Waals surface area contributed by atoms with Crippen LogP contribution < -0.4 is 15.9 Å². The van der Waals surface area contributed by atoms with Crippen molar-refractivity contribution in [3.63, 3.8) is 0 Å². The van der Waals surface area contributed by atoms with Gasteiger partial charge in [-0.15, -0.1) is 0 Å². The highest BCUT2D eigenvalue weighted by Crippen LogP contribution is 2.62. The maximum atomic E-state index is 12.7. The van der Waals surface area contributed by atoms with Crippen LogP contribution in [-0.4, -0.2) is 18.0 Å². The van der Waals surface area contributed by atoms with E-state index in [1.165, 1.54) is 0 Å². The Balaban J connectivity index is 2.46. The molecule has 0 aliphatic rings. The van der Waals surface area contributed by atoms with Crippen molar-refractivity contribution in [3.05, 3.63) is 91.0 Å². The molecule has 140 valence electrons. The lowest BCUT2D eigenvalue weighted by molar-refractivity contribution is 0.476. The molecule has 0 radical (unpaired) electrons. The standard InChI is InChI=1S/C22H23O3PS/c1-2-12-22(27(23,24)25)26(19-13-6-3-7-14-19,20-15-8-4-9-16-20)21-17-10-5-11-18-21/h3-11,13-18,22H,2,12H2,1H3/p+1. The van der Waals surface area contributed by atoms with Gasteiger partial charge in [0.1, 0.15) is 23.2 Å². The smallest absolute Gasteiger partial charge is 0.283 e. The molecule has 0 aliphatic carbocycles. The molecule has 27 heavy (non-hydrogen) atoms. The minimum Gasteiger partial charge on any atom is -0.283 e. The molecule has 0 amide bonds. The van der Waals surface area contributed by atoms with E-state index < -0.39 is 22.4 Å². The second kappa shape index (κ2) is 8.35. The molecule has 0 saturated heterocycles. The predicted octanol–water partition coefficient (Wildman–Crippen LogP) is 3.99. The summed E-state index contributed by atoms with van der Waals surface area (Å²) in [6.07, 6.45) is 1.06. The van der Waals surface area contributed by atoms with Crippen LogP contribution in [0.4, 0.5) is 0 Å². The summed E-state index contributed by atoms with van der Waals surface area (Å²) >= 11 is 0. The van der Waals surface area contributed by atoms with E-state index in [0.717, 1.165) is 15.9 Å². The Morgan fingerprint density at radius 3 is 1.33 bits per heavy atom. The highest BCUT2D eigenvalue weighted by molar-refractivity contribution is 8.08.